The van der Waals surface area contributed by atoms with Crippen molar-refractivity contribution in [3.05, 3.63) is 11.6 Å². The first kappa shape index (κ1) is 22.6. The van der Waals surface area contributed by atoms with Crippen LogP contribution in [0.2, 0.25) is 0 Å². The molecular formula is C23H37N5O2S. The number of carbonyl (C=O) groups is 1. The van der Waals surface area contributed by atoms with Gasteiger partial charge in [-0.2, -0.15) is 0 Å². The Kier molecular flexibility index (Phi) is 8.30. The van der Waals surface area contributed by atoms with Crippen molar-refractivity contribution >= 4 is 23.6 Å². The molecule has 0 bridgehead atoms. The van der Waals surface area contributed by atoms with Crippen molar-refractivity contribution < 1.29 is 9.53 Å². The van der Waals surface area contributed by atoms with Crippen LogP contribution in [0.3, 0.4) is 0 Å². The molecule has 3 aliphatic rings. The molecule has 172 valence electrons. The molecule has 1 atom stereocenters. The molecule has 2 fully saturated rings. The molecule has 1 amide bonds. The zero-order valence-corrected chi connectivity index (χ0v) is 19.7. The largest absolute Gasteiger partial charge is 0.376 e. The van der Waals surface area contributed by atoms with E-state index in [0.717, 1.165) is 69.1 Å². The van der Waals surface area contributed by atoms with E-state index in [4.69, 9.17) is 4.74 Å². The molecule has 1 aromatic heterocycles. The summed E-state index contributed by atoms with van der Waals surface area (Å²) in [5.74, 6) is 2.16. The van der Waals surface area contributed by atoms with Crippen molar-refractivity contribution in [2.75, 3.05) is 36.9 Å². The van der Waals surface area contributed by atoms with Gasteiger partial charge in [0.05, 0.1) is 18.4 Å². The fraction of sp³-hybridized carbons (Fsp3) is 0.783. The lowest BCUT2D eigenvalue weighted by molar-refractivity contribution is -0.118. The highest BCUT2D eigenvalue weighted by molar-refractivity contribution is 7.99. The number of anilines is 1. The summed E-state index contributed by atoms with van der Waals surface area (Å²) in [5.41, 5.74) is 1.50. The number of thioether (sulfide) groups is 1. The average molecular weight is 448 g/mol. The summed E-state index contributed by atoms with van der Waals surface area (Å²) >= 11 is 1.49. The zero-order chi connectivity index (χ0) is 21.5. The normalized spacial score (nSPS) is 22.5. The van der Waals surface area contributed by atoms with Gasteiger partial charge in [-0.1, -0.05) is 30.3 Å². The summed E-state index contributed by atoms with van der Waals surface area (Å²) in [7, 11) is 0. The molecule has 1 aliphatic carbocycles. The Morgan fingerprint density at radius 1 is 1.23 bits per heavy atom. The molecule has 0 aromatic carbocycles. The minimum Gasteiger partial charge on any atom is -0.376 e. The van der Waals surface area contributed by atoms with Gasteiger partial charge in [0, 0.05) is 26.2 Å². The summed E-state index contributed by atoms with van der Waals surface area (Å²) in [4.78, 5) is 14.8. The van der Waals surface area contributed by atoms with Crippen molar-refractivity contribution in [1.82, 2.24) is 20.1 Å². The number of amides is 1. The summed E-state index contributed by atoms with van der Waals surface area (Å²) < 4.78 is 8.08. The summed E-state index contributed by atoms with van der Waals surface area (Å²) in [6.07, 6.45) is 13.1. The van der Waals surface area contributed by atoms with Gasteiger partial charge < -0.3 is 15.0 Å². The van der Waals surface area contributed by atoms with Gasteiger partial charge in [-0.3, -0.25) is 9.36 Å². The quantitative estimate of drug-likeness (QED) is 0.459. The lowest BCUT2D eigenvalue weighted by atomic mass is 9.97. The molecule has 8 heteroatoms. The predicted octanol–water partition coefficient (Wildman–Crippen LogP) is 3.79. The number of ether oxygens (including phenoxy) is 1. The van der Waals surface area contributed by atoms with E-state index in [9.17, 15) is 4.79 Å². The van der Waals surface area contributed by atoms with E-state index in [1.165, 1.54) is 55.9 Å². The average Bonchev–Trinajstić information content (AvgIpc) is 3.44. The maximum absolute atomic E-state index is 12.4. The van der Waals surface area contributed by atoms with Gasteiger partial charge in [-0.15, -0.1) is 10.2 Å². The maximum Gasteiger partial charge on any atom is 0.230 e. The summed E-state index contributed by atoms with van der Waals surface area (Å²) in [6, 6.07) is 0. The fourth-order valence-corrected chi connectivity index (χ4v) is 5.43. The third kappa shape index (κ3) is 6.48. The highest BCUT2D eigenvalue weighted by Gasteiger charge is 2.26. The van der Waals surface area contributed by atoms with Crippen LogP contribution in [0.5, 0.6) is 0 Å². The molecule has 31 heavy (non-hydrogen) atoms. The van der Waals surface area contributed by atoms with E-state index < -0.39 is 0 Å². The van der Waals surface area contributed by atoms with Crippen LogP contribution in [0.1, 0.15) is 64.7 Å². The Hall–Kier alpha value is -1.54. The van der Waals surface area contributed by atoms with Crippen LogP contribution in [-0.2, 0) is 16.1 Å². The Morgan fingerprint density at radius 2 is 2.10 bits per heavy atom. The van der Waals surface area contributed by atoms with Crippen molar-refractivity contribution in [2.24, 2.45) is 5.92 Å². The van der Waals surface area contributed by atoms with E-state index >= 15 is 0 Å². The van der Waals surface area contributed by atoms with Crippen LogP contribution in [0, 0.1) is 5.92 Å². The van der Waals surface area contributed by atoms with Gasteiger partial charge >= 0.3 is 0 Å². The first-order valence-electron chi connectivity index (χ1n) is 12.1. The van der Waals surface area contributed by atoms with Gasteiger partial charge in [0.25, 0.3) is 0 Å². The van der Waals surface area contributed by atoms with Crippen LogP contribution >= 0.6 is 11.8 Å². The minimum absolute atomic E-state index is 0.0708. The number of carbonyl (C=O) groups excluding carboxylic acids is 1. The lowest BCUT2D eigenvalue weighted by Crippen LogP contribution is -2.35. The highest BCUT2D eigenvalue weighted by atomic mass is 32.2. The number of nitrogens with zero attached hydrogens (tertiary/aromatic N) is 4. The number of rotatable bonds is 9. The van der Waals surface area contributed by atoms with Crippen molar-refractivity contribution in [3.63, 3.8) is 0 Å². The minimum atomic E-state index is 0.0708. The molecule has 0 radical (unpaired) electrons. The van der Waals surface area contributed by atoms with Gasteiger partial charge in [-0.25, -0.2) is 0 Å². The number of allylic oxidation sites excluding steroid dienone is 1. The number of hydrogen-bond donors (Lipinski definition) is 1. The Morgan fingerprint density at radius 3 is 2.84 bits per heavy atom. The number of piperidine rings is 1. The van der Waals surface area contributed by atoms with Crippen molar-refractivity contribution in [3.8, 4) is 0 Å². The van der Waals surface area contributed by atoms with Crippen molar-refractivity contribution in [2.45, 2.75) is 82.5 Å². The van der Waals surface area contributed by atoms with Gasteiger partial charge in [-0.05, 0) is 63.7 Å². The molecule has 0 spiro atoms. The SMILES string of the molecule is CC1CCN(c2nnc(SCC(=O)NCCC3=CCCCC3)n2CC2CCCO2)CC1. The summed E-state index contributed by atoms with van der Waals surface area (Å²) in [5, 5.41) is 12.9. The molecule has 1 aromatic rings. The van der Waals surface area contributed by atoms with Crippen LogP contribution in [0.25, 0.3) is 0 Å². The Balaban J connectivity index is 1.32. The van der Waals surface area contributed by atoms with E-state index in [1.54, 1.807) is 0 Å². The first-order chi connectivity index (χ1) is 15.2. The fourth-order valence-electron chi connectivity index (χ4n) is 4.66. The molecule has 1 unspecified atom stereocenters. The molecule has 2 saturated heterocycles. The molecule has 1 N–H and O–H groups in total. The predicted molar refractivity (Wildman–Crippen MR) is 125 cm³/mol. The second-order valence-corrected chi connectivity index (χ2v) is 10.1. The Bertz CT molecular complexity index is 751. The van der Waals surface area contributed by atoms with E-state index in [0.29, 0.717) is 5.75 Å². The van der Waals surface area contributed by atoms with Crippen LogP contribution < -0.4 is 10.2 Å². The second kappa shape index (κ2) is 11.4. The third-order valence-corrected chi connectivity index (χ3v) is 7.63. The van der Waals surface area contributed by atoms with Crippen LogP contribution in [0.15, 0.2) is 16.8 Å². The topological polar surface area (TPSA) is 72.3 Å². The maximum atomic E-state index is 12.4. The van der Waals surface area contributed by atoms with Gasteiger partial charge in [0.1, 0.15) is 0 Å². The molecule has 0 saturated carbocycles. The highest BCUT2D eigenvalue weighted by Crippen LogP contribution is 2.28. The number of hydrogen-bond acceptors (Lipinski definition) is 6. The Labute approximate surface area is 190 Å². The second-order valence-electron chi connectivity index (χ2n) is 9.19. The van der Waals surface area contributed by atoms with Crippen LogP contribution in [0.4, 0.5) is 5.95 Å². The monoisotopic (exact) mass is 447 g/mol. The van der Waals surface area contributed by atoms with Gasteiger partial charge in [0.15, 0.2) is 5.16 Å². The smallest absolute Gasteiger partial charge is 0.230 e. The standard InChI is InChI=1S/C23H37N5O2S/c1-18-10-13-27(14-11-18)22-25-26-23(28(22)16-20-8-5-15-30-20)31-17-21(29)24-12-9-19-6-3-2-4-7-19/h6,18,20H,2-5,7-17H2,1H3,(H,24,29). The van der Waals surface area contributed by atoms with E-state index in [1.807, 2.05) is 0 Å². The van der Waals surface area contributed by atoms with Gasteiger partial charge in [0.2, 0.25) is 11.9 Å². The van der Waals surface area contributed by atoms with Crippen molar-refractivity contribution in [1.29, 1.82) is 0 Å². The molecule has 2 aliphatic heterocycles. The van der Waals surface area contributed by atoms with Crippen LogP contribution in [-0.4, -0.2) is 58.8 Å². The lowest BCUT2D eigenvalue weighted by Gasteiger charge is -2.31. The molecular weight excluding hydrogens is 410 g/mol. The van der Waals surface area contributed by atoms with E-state index in [-0.39, 0.29) is 12.0 Å². The van der Waals surface area contributed by atoms with E-state index in [2.05, 4.69) is 38.0 Å². The number of nitrogens with one attached hydrogen (secondary N) is 1. The number of aromatic nitrogens is 3. The molecule has 3 heterocycles. The summed E-state index contributed by atoms with van der Waals surface area (Å²) in [6.45, 7) is 6.69. The molecule has 4 rings (SSSR count). The third-order valence-electron chi connectivity index (χ3n) is 6.66. The first-order valence-corrected chi connectivity index (χ1v) is 13.0. The molecule has 7 nitrogen and oxygen atoms in total. The zero-order valence-electron chi connectivity index (χ0n) is 18.9.